The van der Waals surface area contributed by atoms with Crippen molar-refractivity contribution in [1.82, 2.24) is 0 Å². The van der Waals surface area contributed by atoms with Gasteiger partial charge in [-0.3, -0.25) is 0 Å². The van der Waals surface area contributed by atoms with Crippen molar-refractivity contribution < 1.29 is 31.1 Å². The predicted molar refractivity (Wildman–Crippen MR) is 104 cm³/mol. The number of rotatable bonds is 9. The minimum Gasteiger partial charge on any atom is -0.312 e. The van der Waals surface area contributed by atoms with Crippen LogP contribution in [0.15, 0.2) is 59.7 Å². The SMILES string of the molecule is C=C(F)/C(F)=C\COC(F)(F)c1c(F)cc(C/C=C\C2=C(CC)CC(C)C2)cc1F. The summed E-state index contributed by atoms with van der Waals surface area (Å²) >= 11 is 0. The maximum Gasteiger partial charge on any atom is 0.389 e. The van der Waals surface area contributed by atoms with Gasteiger partial charge in [-0.05, 0) is 60.9 Å². The second kappa shape index (κ2) is 10.2. The van der Waals surface area contributed by atoms with Crippen LogP contribution < -0.4 is 0 Å². The van der Waals surface area contributed by atoms with E-state index in [0.717, 1.165) is 31.4 Å². The van der Waals surface area contributed by atoms with Gasteiger partial charge in [-0.1, -0.05) is 38.2 Å². The Morgan fingerprint density at radius 1 is 1.20 bits per heavy atom. The molecule has 2 rings (SSSR count). The quantitative estimate of drug-likeness (QED) is 0.289. The first-order valence-electron chi connectivity index (χ1n) is 9.63. The van der Waals surface area contributed by atoms with E-state index in [1.54, 1.807) is 6.08 Å². The molecule has 1 aromatic carbocycles. The summed E-state index contributed by atoms with van der Waals surface area (Å²) in [6.07, 6.45) is 2.74. The second-order valence-electron chi connectivity index (χ2n) is 7.32. The monoisotopic (exact) mass is 430 g/mol. The lowest BCUT2D eigenvalue weighted by Gasteiger charge is -2.18. The van der Waals surface area contributed by atoms with E-state index in [4.69, 9.17) is 0 Å². The van der Waals surface area contributed by atoms with E-state index in [0.29, 0.717) is 12.0 Å². The van der Waals surface area contributed by atoms with Gasteiger partial charge in [0, 0.05) is 0 Å². The van der Waals surface area contributed by atoms with Gasteiger partial charge in [0.05, 0.1) is 6.61 Å². The first-order chi connectivity index (χ1) is 14.0. The number of alkyl halides is 2. The van der Waals surface area contributed by atoms with Gasteiger partial charge in [0.2, 0.25) is 0 Å². The smallest absolute Gasteiger partial charge is 0.312 e. The molecule has 1 unspecified atom stereocenters. The molecule has 0 bridgehead atoms. The molecule has 7 heteroatoms. The molecule has 0 heterocycles. The molecule has 1 aliphatic rings. The number of hydrogen-bond donors (Lipinski definition) is 0. The van der Waals surface area contributed by atoms with Crippen molar-refractivity contribution in [3.63, 3.8) is 0 Å². The molecule has 0 radical (unpaired) electrons. The molecule has 30 heavy (non-hydrogen) atoms. The van der Waals surface area contributed by atoms with Crippen LogP contribution in [-0.4, -0.2) is 6.61 Å². The lowest BCUT2D eigenvalue weighted by atomic mass is 10.0. The highest BCUT2D eigenvalue weighted by molar-refractivity contribution is 5.33. The fourth-order valence-electron chi connectivity index (χ4n) is 3.46. The average molecular weight is 430 g/mol. The summed E-state index contributed by atoms with van der Waals surface area (Å²) in [7, 11) is 0. The average Bonchev–Trinajstić information content (AvgIpc) is 3.00. The molecule has 1 nitrogen and oxygen atoms in total. The van der Waals surface area contributed by atoms with Crippen LogP contribution in [-0.2, 0) is 17.3 Å². The van der Waals surface area contributed by atoms with Gasteiger partial charge in [-0.15, -0.1) is 0 Å². The van der Waals surface area contributed by atoms with E-state index in [2.05, 4.69) is 25.2 Å². The van der Waals surface area contributed by atoms with Crippen molar-refractivity contribution in [2.45, 2.75) is 45.6 Å². The Hall–Kier alpha value is -2.28. The molecule has 0 N–H and O–H groups in total. The first kappa shape index (κ1) is 24.0. The third kappa shape index (κ3) is 6.11. The van der Waals surface area contributed by atoms with Crippen LogP contribution in [0.2, 0.25) is 0 Å². The van der Waals surface area contributed by atoms with Gasteiger partial charge in [0.1, 0.15) is 17.2 Å². The van der Waals surface area contributed by atoms with Crippen molar-refractivity contribution >= 4 is 0 Å². The van der Waals surface area contributed by atoms with Crippen molar-refractivity contribution in [2.24, 2.45) is 5.92 Å². The highest BCUT2D eigenvalue weighted by Crippen LogP contribution is 2.35. The summed E-state index contributed by atoms with van der Waals surface area (Å²) in [5.41, 5.74) is 1.16. The molecule has 0 aromatic heterocycles. The number of benzene rings is 1. The van der Waals surface area contributed by atoms with E-state index >= 15 is 0 Å². The Balaban J connectivity index is 2.12. The molecule has 1 atom stereocenters. The number of allylic oxidation sites excluding steroid dienone is 6. The van der Waals surface area contributed by atoms with Crippen LogP contribution in [0.4, 0.5) is 26.3 Å². The Bertz CT molecular complexity index is 859. The zero-order valence-corrected chi connectivity index (χ0v) is 16.9. The summed E-state index contributed by atoms with van der Waals surface area (Å²) in [6.45, 7) is 5.78. The summed E-state index contributed by atoms with van der Waals surface area (Å²) in [5, 5.41) is 0. The standard InChI is InChI=1S/C23H24F6O/c1-4-17-10-14(2)11-18(17)7-5-6-16-12-20(26)22(21(27)13-16)23(28,29)30-9-8-19(25)15(3)24/h5,7-8,12-14H,3-4,6,9-11H2,1-2H3/b7-5-,19-8+. The Morgan fingerprint density at radius 2 is 1.83 bits per heavy atom. The molecule has 164 valence electrons. The summed E-state index contributed by atoms with van der Waals surface area (Å²) in [4.78, 5) is 0. The van der Waals surface area contributed by atoms with E-state index in [9.17, 15) is 26.3 Å². The van der Waals surface area contributed by atoms with Crippen LogP contribution in [0.5, 0.6) is 0 Å². The van der Waals surface area contributed by atoms with Crippen LogP contribution in [0.3, 0.4) is 0 Å². The summed E-state index contributed by atoms with van der Waals surface area (Å²) in [6, 6.07) is 1.62. The highest BCUT2D eigenvalue weighted by atomic mass is 19.3. The Morgan fingerprint density at radius 3 is 2.40 bits per heavy atom. The van der Waals surface area contributed by atoms with E-state index in [-0.39, 0.29) is 12.0 Å². The van der Waals surface area contributed by atoms with Crippen molar-refractivity contribution in [2.75, 3.05) is 6.61 Å². The maximum absolute atomic E-state index is 14.2. The van der Waals surface area contributed by atoms with Crippen LogP contribution >= 0.6 is 0 Å². The number of halogens is 6. The molecule has 0 fully saturated rings. The Labute approximate surface area is 172 Å². The topological polar surface area (TPSA) is 9.23 Å². The maximum atomic E-state index is 14.2. The molecule has 0 amide bonds. The zero-order valence-electron chi connectivity index (χ0n) is 16.9. The zero-order chi connectivity index (χ0) is 22.5. The molecule has 1 aliphatic carbocycles. The van der Waals surface area contributed by atoms with E-state index in [1.807, 2.05) is 6.08 Å². The molecule has 0 saturated carbocycles. The van der Waals surface area contributed by atoms with Gasteiger partial charge in [0.15, 0.2) is 11.7 Å². The fourth-order valence-corrected chi connectivity index (χ4v) is 3.46. The van der Waals surface area contributed by atoms with Crippen LogP contribution in [0, 0.1) is 17.6 Å². The van der Waals surface area contributed by atoms with E-state index in [1.165, 1.54) is 11.1 Å². The largest absolute Gasteiger partial charge is 0.389 e. The molecule has 0 saturated heterocycles. The minimum atomic E-state index is -4.36. The highest BCUT2D eigenvalue weighted by Gasteiger charge is 2.39. The fraction of sp³-hybridized carbons (Fsp3) is 0.391. The molecule has 1 aromatic rings. The molecule has 0 spiro atoms. The van der Waals surface area contributed by atoms with Gasteiger partial charge in [0.25, 0.3) is 0 Å². The lowest BCUT2D eigenvalue weighted by Crippen LogP contribution is -2.22. The van der Waals surface area contributed by atoms with Crippen molar-refractivity contribution in [3.8, 4) is 0 Å². The van der Waals surface area contributed by atoms with Gasteiger partial charge in [-0.2, -0.15) is 8.78 Å². The van der Waals surface area contributed by atoms with E-state index < -0.39 is 41.6 Å². The lowest BCUT2D eigenvalue weighted by molar-refractivity contribution is -0.245. The van der Waals surface area contributed by atoms with Crippen molar-refractivity contribution in [1.29, 1.82) is 0 Å². The summed E-state index contributed by atoms with van der Waals surface area (Å²) in [5.74, 6) is -5.36. The normalized spacial score (nSPS) is 18.0. The molecule has 0 aliphatic heterocycles. The Kier molecular flexibility index (Phi) is 8.12. The number of ether oxygens (including phenoxy) is 1. The van der Waals surface area contributed by atoms with Crippen LogP contribution in [0.25, 0.3) is 0 Å². The van der Waals surface area contributed by atoms with Crippen molar-refractivity contribution in [3.05, 3.63) is 82.5 Å². The minimum absolute atomic E-state index is 0.169. The second-order valence-corrected chi connectivity index (χ2v) is 7.32. The first-order valence-corrected chi connectivity index (χ1v) is 9.63. The van der Waals surface area contributed by atoms with Gasteiger partial charge < -0.3 is 4.74 Å². The third-order valence-corrected chi connectivity index (χ3v) is 4.90. The van der Waals surface area contributed by atoms with Gasteiger partial charge >= 0.3 is 6.11 Å². The molecular weight excluding hydrogens is 406 g/mol. The third-order valence-electron chi connectivity index (χ3n) is 4.90. The van der Waals surface area contributed by atoms with Gasteiger partial charge in [-0.25, -0.2) is 17.6 Å². The number of hydrogen-bond acceptors (Lipinski definition) is 1. The predicted octanol–water partition coefficient (Wildman–Crippen LogP) is 7.60. The summed E-state index contributed by atoms with van der Waals surface area (Å²) < 4.78 is 86.0. The van der Waals surface area contributed by atoms with Crippen LogP contribution in [0.1, 0.15) is 44.2 Å². The molecular formula is C23H24F6O.